The van der Waals surface area contributed by atoms with Crippen molar-refractivity contribution in [1.29, 1.82) is 0 Å². The molecule has 1 heterocycles. The largest absolute Gasteiger partial charge is 0.465 e. The molecule has 1 aromatic carbocycles. The number of hydrogen-bond donors (Lipinski definition) is 0. The lowest BCUT2D eigenvalue weighted by atomic mass is 10.3. The van der Waals surface area contributed by atoms with Gasteiger partial charge in [-0.3, -0.25) is 9.69 Å². The zero-order chi connectivity index (χ0) is 13.0. The van der Waals surface area contributed by atoms with Crippen LogP contribution < -0.4 is 0 Å². The lowest BCUT2D eigenvalue weighted by Crippen LogP contribution is -2.29. The Bertz CT molecular complexity index is 538. The fourth-order valence-corrected chi connectivity index (χ4v) is 1.73. The molecule has 0 amide bonds. The lowest BCUT2D eigenvalue weighted by Gasteiger charge is -2.15. The summed E-state index contributed by atoms with van der Waals surface area (Å²) in [7, 11) is 1.84. The fourth-order valence-electron chi connectivity index (χ4n) is 1.73. The third kappa shape index (κ3) is 2.84. The molecule has 0 spiro atoms. The van der Waals surface area contributed by atoms with Crippen molar-refractivity contribution in [3.8, 4) is 0 Å². The van der Waals surface area contributed by atoms with E-state index in [4.69, 9.17) is 4.74 Å². The van der Waals surface area contributed by atoms with Crippen LogP contribution in [0.15, 0.2) is 24.3 Å². The molecule has 0 radical (unpaired) electrons. The number of nitrogens with zero attached hydrogens (tertiary/aromatic N) is 4. The molecule has 18 heavy (non-hydrogen) atoms. The molecule has 0 saturated carbocycles. The van der Waals surface area contributed by atoms with Gasteiger partial charge in [-0.15, -0.1) is 5.10 Å². The summed E-state index contributed by atoms with van der Waals surface area (Å²) in [4.78, 5) is 13.2. The first-order valence-corrected chi connectivity index (χ1v) is 5.83. The number of ether oxygens (including phenoxy) is 1. The van der Waals surface area contributed by atoms with Gasteiger partial charge in [-0.1, -0.05) is 17.3 Å². The minimum Gasteiger partial charge on any atom is -0.465 e. The first-order chi connectivity index (χ1) is 8.70. The van der Waals surface area contributed by atoms with Gasteiger partial charge in [0.25, 0.3) is 0 Å². The number of carbonyl (C=O) groups excluding carboxylic acids is 1. The second kappa shape index (κ2) is 5.59. The van der Waals surface area contributed by atoms with E-state index in [2.05, 4.69) is 10.3 Å². The molecule has 2 aromatic rings. The van der Waals surface area contributed by atoms with Crippen molar-refractivity contribution in [3.63, 3.8) is 0 Å². The molecule has 6 nitrogen and oxygen atoms in total. The third-order valence-corrected chi connectivity index (χ3v) is 2.50. The van der Waals surface area contributed by atoms with Crippen LogP contribution in [0.25, 0.3) is 11.0 Å². The van der Waals surface area contributed by atoms with E-state index in [9.17, 15) is 4.79 Å². The summed E-state index contributed by atoms with van der Waals surface area (Å²) >= 11 is 0. The Morgan fingerprint density at radius 1 is 1.44 bits per heavy atom. The van der Waals surface area contributed by atoms with Crippen molar-refractivity contribution >= 4 is 17.0 Å². The van der Waals surface area contributed by atoms with E-state index in [0.29, 0.717) is 13.3 Å². The highest BCUT2D eigenvalue weighted by Gasteiger charge is 2.10. The maximum atomic E-state index is 11.3. The quantitative estimate of drug-likeness (QED) is 0.735. The minimum absolute atomic E-state index is 0.232. The Balaban J connectivity index is 2.03. The fraction of sp³-hybridized carbons (Fsp3) is 0.417. The van der Waals surface area contributed by atoms with Gasteiger partial charge in [-0.05, 0) is 26.1 Å². The van der Waals surface area contributed by atoms with E-state index in [1.54, 1.807) is 11.6 Å². The molecule has 6 heteroatoms. The maximum Gasteiger partial charge on any atom is 0.320 e. The van der Waals surface area contributed by atoms with Gasteiger partial charge in [0, 0.05) is 0 Å². The number of benzene rings is 1. The van der Waals surface area contributed by atoms with E-state index in [1.807, 2.05) is 36.2 Å². The summed E-state index contributed by atoms with van der Waals surface area (Å²) in [5, 5.41) is 8.12. The van der Waals surface area contributed by atoms with Gasteiger partial charge < -0.3 is 4.74 Å². The zero-order valence-electron chi connectivity index (χ0n) is 10.5. The second-order valence-electron chi connectivity index (χ2n) is 4.04. The molecular weight excluding hydrogens is 232 g/mol. The van der Waals surface area contributed by atoms with Gasteiger partial charge in [-0.2, -0.15) is 0 Å². The van der Waals surface area contributed by atoms with Gasteiger partial charge >= 0.3 is 5.97 Å². The summed E-state index contributed by atoms with van der Waals surface area (Å²) in [6.45, 7) is 2.93. The summed E-state index contributed by atoms with van der Waals surface area (Å²) in [5.74, 6) is -0.232. The average molecular weight is 248 g/mol. The van der Waals surface area contributed by atoms with Gasteiger partial charge in [0.05, 0.1) is 25.3 Å². The highest BCUT2D eigenvalue weighted by molar-refractivity contribution is 5.74. The predicted octanol–water partition coefficient (Wildman–Crippen LogP) is 0.884. The summed E-state index contributed by atoms with van der Waals surface area (Å²) in [5.41, 5.74) is 1.80. The minimum atomic E-state index is -0.232. The molecule has 0 N–H and O–H groups in total. The molecule has 0 saturated heterocycles. The van der Waals surface area contributed by atoms with Crippen LogP contribution in [0.1, 0.15) is 6.92 Å². The molecule has 0 aliphatic rings. The van der Waals surface area contributed by atoms with Crippen molar-refractivity contribution < 1.29 is 9.53 Å². The van der Waals surface area contributed by atoms with Crippen molar-refractivity contribution in [2.75, 3.05) is 20.2 Å². The topological polar surface area (TPSA) is 60.2 Å². The van der Waals surface area contributed by atoms with E-state index < -0.39 is 0 Å². The number of esters is 1. The number of aromatic nitrogens is 3. The predicted molar refractivity (Wildman–Crippen MR) is 66.8 cm³/mol. The molecule has 0 unspecified atom stereocenters. The lowest BCUT2D eigenvalue weighted by molar-refractivity contribution is -0.144. The van der Waals surface area contributed by atoms with Crippen LogP contribution in [0.5, 0.6) is 0 Å². The van der Waals surface area contributed by atoms with E-state index in [0.717, 1.165) is 11.0 Å². The van der Waals surface area contributed by atoms with Crippen molar-refractivity contribution in [2.45, 2.75) is 13.6 Å². The van der Waals surface area contributed by atoms with Crippen molar-refractivity contribution in [2.24, 2.45) is 0 Å². The van der Waals surface area contributed by atoms with Gasteiger partial charge in [-0.25, -0.2) is 4.68 Å². The number of carbonyl (C=O) groups is 1. The van der Waals surface area contributed by atoms with Crippen LogP contribution >= 0.6 is 0 Å². The van der Waals surface area contributed by atoms with Gasteiger partial charge in [0.15, 0.2) is 0 Å². The van der Waals surface area contributed by atoms with Crippen LogP contribution in [0.4, 0.5) is 0 Å². The highest BCUT2D eigenvalue weighted by Crippen LogP contribution is 2.09. The van der Waals surface area contributed by atoms with Crippen LogP contribution in [0.2, 0.25) is 0 Å². The van der Waals surface area contributed by atoms with E-state index >= 15 is 0 Å². The first-order valence-electron chi connectivity index (χ1n) is 5.83. The van der Waals surface area contributed by atoms with E-state index in [-0.39, 0.29) is 12.5 Å². The monoisotopic (exact) mass is 248 g/mol. The first kappa shape index (κ1) is 12.5. The van der Waals surface area contributed by atoms with Crippen LogP contribution in [-0.4, -0.2) is 46.1 Å². The third-order valence-electron chi connectivity index (χ3n) is 2.50. The molecule has 0 bridgehead atoms. The zero-order valence-corrected chi connectivity index (χ0v) is 10.5. The number of hydrogen-bond acceptors (Lipinski definition) is 5. The van der Waals surface area contributed by atoms with Gasteiger partial charge in [0.2, 0.25) is 0 Å². The molecule has 0 fully saturated rings. The smallest absolute Gasteiger partial charge is 0.320 e. The number of rotatable bonds is 5. The Hall–Kier alpha value is -1.95. The highest BCUT2D eigenvalue weighted by atomic mass is 16.5. The Labute approximate surface area is 105 Å². The van der Waals surface area contributed by atoms with E-state index in [1.165, 1.54) is 0 Å². The number of fused-ring (bicyclic) bond motifs is 1. The summed E-state index contributed by atoms with van der Waals surface area (Å²) in [6.07, 6.45) is 0. The van der Waals surface area contributed by atoms with Crippen LogP contribution in [-0.2, 0) is 16.2 Å². The summed E-state index contributed by atoms with van der Waals surface area (Å²) in [6, 6.07) is 7.72. The molecule has 0 aliphatic carbocycles. The number of likely N-dealkylation sites (N-methyl/N-ethyl adjacent to an activating group) is 1. The summed E-state index contributed by atoms with van der Waals surface area (Å²) < 4.78 is 6.65. The van der Waals surface area contributed by atoms with Gasteiger partial charge in [0.1, 0.15) is 5.52 Å². The second-order valence-corrected chi connectivity index (χ2v) is 4.04. The van der Waals surface area contributed by atoms with Crippen LogP contribution in [0, 0.1) is 0 Å². The number of para-hydroxylation sites is 1. The molecule has 2 rings (SSSR count). The normalized spacial score (nSPS) is 11.1. The van der Waals surface area contributed by atoms with Crippen molar-refractivity contribution in [1.82, 2.24) is 19.9 Å². The Morgan fingerprint density at radius 2 is 2.22 bits per heavy atom. The maximum absolute atomic E-state index is 11.3. The molecule has 0 atom stereocenters. The average Bonchev–Trinajstić information content (AvgIpc) is 2.73. The standard InChI is InChI=1S/C12H16N4O2/c1-3-18-12(17)8-15(2)9-16-11-7-5-4-6-10(11)13-14-16/h4-7H,3,8-9H2,1-2H3. The Morgan fingerprint density at radius 3 is 3.00 bits per heavy atom. The molecule has 1 aromatic heterocycles. The molecule has 0 aliphatic heterocycles. The van der Waals surface area contributed by atoms with Crippen molar-refractivity contribution in [3.05, 3.63) is 24.3 Å². The molecular formula is C12H16N4O2. The molecule has 96 valence electrons. The van der Waals surface area contributed by atoms with Crippen LogP contribution in [0.3, 0.4) is 0 Å². The Kier molecular flexibility index (Phi) is 3.88. The SMILES string of the molecule is CCOC(=O)CN(C)Cn1nnc2ccccc21.